The van der Waals surface area contributed by atoms with Gasteiger partial charge in [0.15, 0.2) is 0 Å². The fourth-order valence-electron chi connectivity index (χ4n) is 1.56. The van der Waals surface area contributed by atoms with E-state index in [1.807, 2.05) is 6.20 Å². The number of hydrogen-bond donors (Lipinski definition) is 1. The van der Waals surface area contributed by atoms with Crippen molar-refractivity contribution < 1.29 is 0 Å². The van der Waals surface area contributed by atoms with Crippen molar-refractivity contribution in [2.24, 2.45) is 0 Å². The zero-order chi connectivity index (χ0) is 12.1. The van der Waals surface area contributed by atoms with E-state index in [2.05, 4.69) is 53.8 Å². The van der Waals surface area contributed by atoms with Crippen LogP contribution >= 0.6 is 23.1 Å². The van der Waals surface area contributed by atoms with E-state index >= 15 is 0 Å². The Labute approximate surface area is 110 Å². The van der Waals surface area contributed by atoms with E-state index in [4.69, 9.17) is 0 Å². The number of hydrogen-bond acceptors (Lipinski definition) is 4. The van der Waals surface area contributed by atoms with Crippen LogP contribution in [0.25, 0.3) is 0 Å². The highest BCUT2D eigenvalue weighted by Crippen LogP contribution is 2.30. The summed E-state index contributed by atoms with van der Waals surface area (Å²) in [6.45, 7) is 5.25. The van der Waals surface area contributed by atoms with Crippen LogP contribution in [-0.2, 0) is 0 Å². The summed E-state index contributed by atoms with van der Waals surface area (Å²) in [6.07, 6.45) is 1.96. The van der Waals surface area contributed by atoms with Gasteiger partial charge in [-0.15, -0.1) is 11.3 Å². The van der Waals surface area contributed by atoms with Gasteiger partial charge in [0.25, 0.3) is 0 Å². The molecular weight excluding hydrogens is 248 g/mol. The van der Waals surface area contributed by atoms with Gasteiger partial charge in [0.05, 0.1) is 4.21 Å². The molecule has 0 bridgehead atoms. The molecule has 0 aromatic carbocycles. The fraction of sp³-hybridized carbons (Fsp3) is 0.308. The van der Waals surface area contributed by atoms with Crippen molar-refractivity contribution >= 4 is 23.1 Å². The Morgan fingerprint density at radius 1 is 1.41 bits per heavy atom. The molecule has 2 rings (SSSR count). The van der Waals surface area contributed by atoms with Crippen LogP contribution in [0.3, 0.4) is 0 Å². The van der Waals surface area contributed by atoms with Gasteiger partial charge in [0, 0.05) is 12.2 Å². The first kappa shape index (κ1) is 12.6. The highest BCUT2D eigenvalue weighted by atomic mass is 32.2. The Hall–Kier alpha value is -0.840. The molecule has 0 saturated heterocycles. The minimum Gasteiger partial charge on any atom is -0.310 e. The molecule has 0 aliphatic heterocycles. The summed E-state index contributed by atoms with van der Waals surface area (Å²) in [5.74, 6) is 0. The summed E-state index contributed by atoms with van der Waals surface area (Å²) < 4.78 is 1.28. The van der Waals surface area contributed by atoms with Gasteiger partial charge in [-0.25, -0.2) is 4.98 Å². The molecule has 0 amide bonds. The van der Waals surface area contributed by atoms with Gasteiger partial charge in [-0.3, -0.25) is 0 Å². The average Bonchev–Trinajstić information content (AvgIpc) is 2.83. The van der Waals surface area contributed by atoms with Crippen molar-refractivity contribution in [1.29, 1.82) is 0 Å². The second-order valence-electron chi connectivity index (χ2n) is 3.74. The Bertz CT molecular complexity index is 437. The van der Waals surface area contributed by atoms with Gasteiger partial charge in [-0.1, -0.05) is 30.8 Å². The highest BCUT2D eigenvalue weighted by molar-refractivity contribution is 8.01. The summed E-state index contributed by atoms with van der Waals surface area (Å²) in [5.41, 5.74) is 1.24. The lowest BCUT2D eigenvalue weighted by molar-refractivity contribution is 0.595. The summed E-state index contributed by atoms with van der Waals surface area (Å²) >= 11 is 3.46. The lowest BCUT2D eigenvalue weighted by Crippen LogP contribution is -2.17. The lowest BCUT2D eigenvalue weighted by atomic mass is 10.1. The maximum Gasteiger partial charge on any atom is 0.101 e. The molecule has 0 aliphatic carbocycles. The van der Waals surface area contributed by atoms with E-state index in [1.54, 1.807) is 23.1 Å². The standard InChI is InChI=1S/C13H16N2S2/c1-3-14-10(2)11-6-7-12(15-9-11)17-13-5-4-8-16-13/h4-10,14H,3H2,1-2H3. The Kier molecular flexibility index (Phi) is 4.59. The van der Waals surface area contributed by atoms with E-state index in [1.165, 1.54) is 9.77 Å². The molecule has 0 fully saturated rings. The van der Waals surface area contributed by atoms with Gasteiger partial charge in [0.1, 0.15) is 5.03 Å². The summed E-state index contributed by atoms with van der Waals surface area (Å²) in [7, 11) is 0. The molecule has 0 spiro atoms. The van der Waals surface area contributed by atoms with Crippen molar-refractivity contribution in [2.75, 3.05) is 6.54 Å². The molecule has 90 valence electrons. The molecule has 2 aromatic rings. The average molecular weight is 264 g/mol. The maximum absolute atomic E-state index is 4.49. The lowest BCUT2D eigenvalue weighted by Gasteiger charge is -2.12. The summed E-state index contributed by atoms with van der Waals surface area (Å²) in [6, 6.07) is 8.79. The highest BCUT2D eigenvalue weighted by Gasteiger charge is 2.05. The zero-order valence-corrected chi connectivity index (χ0v) is 11.6. The predicted octanol–water partition coefficient (Wildman–Crippen LogP) is 3.96. The van der Waals surface area contributed by atoms with Gasteiger partial charge >= 0.3 is 0 Å². The number of thiophene rings is 1. The van der Waals surface area contributed by atoms with Crippen molar-refractivity contribution in [3.8, 4) is 0 Å². The smallest absolute Gasteiger partial charge is 0.101 e. The van der Waals surface area contributed by atoms with Crippen LogP contribution in [0, 0.1) is 0 Å². The normalized spacial score (nSPS) is 12.6. The molecule has 4 heteroatoms. The summed E-state index contributed by atoms with van der Waals surface area (Å²) in [4.78, 5) is 4.49. The third-order valence-electron chi connectivity index (χ3n) is 2.47. The van der Waals surface area contributed by atoms with Crippen LogP contribution < -0.4 is 5.32 Å². The quantitative estimate of drug-likeness (QED) is 0.884. The third kappa shape index (κ3) is 3.56. The molecule has 1 atom stereocenters. The van der Waals surface area contributed by atoms with E-state index in [-0.39, 0.29) is 0 Å². The molecule has 1 unspecified atom stereocenters. The van der Waals surface area contributed by atoms with E-state index in [9.17, 15) is 0 Å². The number of rotatable bonds is 5. The molecule has 0 saturated carbocycles. The Balaban J connectivity index is 2.02. The van der Waals surface area contributed by atoms with Crippen LogP contribution in [0.4, 0.5) is 0 Å². The van der Waals surface area contributed by atoms with Crippen LogP contribution in [0.1, 0.15) is 25.5 Å². The van der Waals surface area contributed by atoms with Gasteiger partial charge in [0.2, 0.25) is 0 Å². The monoisotopic (exact) mass is 264 g/mol. The molecule has 2 nitrogen and oxygen atoms in total. The van der Waals surface area contributed by atoms with Gasteiger partial charge in [-0.2, -0.15) is 0 Å². The van der Waals surface area contributed by atoms with Crippen LogP contribution in [0.5, 0.6) is 0 Å². The second-order valence-corrected chi connectivity index (χ2v) is 6.01. The van der Waals surface area contributed by atoms with Crippen molar-refractivity contribution in [2.45, 2.75) is 29.1 Å². The first-order valence-electron chi connectivity index (χ1n) is 5.70. The van der Waals surface area contributed by atoms with Crippen LogP contribution in [-0.4, -0.2) is 11.5 Å². The molecular formula is C13H16N2S2. The first-order chi connectivity index (χ1) is 8.29. The summed E-state index contributed by atoms with van der Waals surface area (Å²) in [5, 5.41) is 6.52. The van der Waals surface area contributed by atoms with E-state index in [0.29, 0.717) is 6.04 Å². The minimum absolute atomic E-state index is 0.369. The zero-order valence-electron chi connectivity index (χ0n) is 10.0. The first-order valence-corrected chi connectivity index (χ1v) is 7.40. The van der Waals surface area contributed by atoms with Gasteiger partial charge in [-0.05, 0) is 36.5 Å². The topological polar surface area (TPSA) is 24.9 Å². The molecule has 2 heterocycles. The number of nitrogens with one attached hydrogen (secondary N) is 1. The third-order valence-corrected chi connectivity index (χ3v) is 4.46. The van der Waals surface area contributed by atoms with Crippen molar-refractivity contribution in [1.82, 2.24) is 10.3 Å². The molecule has 17 heavy (non-hydrogen) atoms. The Morgan fingerprint density at radius 2 is 2.29 bits per heavy atom. The number of aromatic nitrogens is 1. The molecule has 1 N–H and O–H groups in total. The Morgan fingerprint density at radius 3 is 2.88 bits per heavy atom. The van der Waals surface area contributed by atoms with E-state index in [0.717, 1.165) is 11.6 Å². The molecule has 0 radical (unpaired) electrons. The number of nitrogens with zero attached hydrogens (tertiary/aromatic N) is 1. The van der Waals surface area contributed by atoms with Crippen molar-refractivity contribution in [3.63, 3.8) is 0 Å². The van der Waals surface area contributed by atoms with Crippen molar-refractivity contribution in [3.05, 3.63) is 41.4 Å². The predicted molar refractivity (Wildman–Crippen MR) is 74.8 cm³/mol. The minimum atomic E-state index is 0.369. The molecule has 0 aliphatic rings. The van der Waals surface area contributed by atoms with E-state index < -0.39 is 0 Å². The van der Waals surface area contributed by atoms with Crippen LogP contribution in [0.15, 0.2) is 45.1 Å². The largest absolute Gasteiger partial charge is 0.310 e. The SMILES string of the molecule is CCNC(C)c1ccc(Sc2cccs2)nc1. The molecule has 2 aromatic heterocycles. The van der Waals surface area contributed by atoms with Crippen LogP contribution in [0.2, 0.25) is 0 Å². The second kappa shape index (κ2) is 6.19. The van der Waals surface area contributed by atoms with Gasteiger partial charge < -0.3 is 5.32 Å². The number of pyridine rings is 1. The fourth-order valence-corrected chi connectivity index (χ4v) is 3.21. The maximum atomic E-state index is 4.49.